The molecule has 0 aromatic carbocycles. The molecule has 0 spiro atoms. The van der Waals surface area contributed by atoms with Gasteiger partial charge in [0.2, 0.25) is 0 Å². The summed E-state index contributed by atoms with van der Waals surface area (Å²) in [6.45, 7) is 0. The van der Waals surface area contributed by atoms with Crippen LogP contribution >= 0.6 is 11.7 Å². The highest BCUT2D eigenvalue weighted by Gasteiger charge is 2.15. The summed E-state index contributed by atoms with van der Waals surface area (Å²) in [6.07, 6.45) is 3.28. The Morgan fingerprint density at radius 1 is 1.54 bits per heavy atom. The van der Waals surface area contributed by atoms with E-state index in [1.165, 1.54) is 0 Å². The largest absolute Gasteiger partial charge is 0.318 e. The van der Waals surface area contributed by atoms with Crippen molar-refractivity contribution in [3.8, 4) is 0 Å². The molecule has 0 saturated carbocycles. The van der Waals surface area contributed by atoms with Crippen molar-refractivity contribution < 1.29 is 0 Å². The van der Waals surface area contributed by atoms with Gasteiger partial charge in [-0.3, -0.25) is 4.68 Å². The third-order valence-corrected chi connectivity index (χ3v) is 2.26. The number of nitrogens with two attached hydrogens (primary N) is 1. The van der Waals surface area contributed by atoms with Crippen LogP contribution in [0, 0.1) is 0 Å². The molecule has 0 amide bonds. The molecule has 2 N–H and O–H groups in total. The molecule has 0 saturated heterocycles. The lowest BCUT2D eigenvalue weighted by atomic mass is 10.2. The van der Waals surface area contributed by atoms with E-state index in [0.29, 0.717) is 0 Å². The fourth-order valence-electron chi connectivity index (χ4n) is 1.04. The zero-order valence-corrected chi connectivity index (χ0v) is 7.77. The van der Waals surface area contributed by atoms with Gasteiger partial charge in [-0.2, -0.15) is 8.75 Å². The first-order valence-corrected chi connectivity index (χ1v) is 4.39. The van der Waals surface area contributed by atoms with E-state index in [1.54, 1.807) is 24.1 Å². The minimum absolute atomic E-state index is 0.293. The van der Waals surface area contributed by atoms with Crippen molar-refractivity contribution >= 4 is 11.7 Å². The molecule has 2 aromatic heterocycles. The van der Waals surface area contributed by atoms with E-state index in [-0.39, 0.29) is 6.04 Å². The second kappa shape index (κ2) is 3.19. The van der Waals surface area contributed by atoms with Gasteiger partial charge < -0.3 is 5.73 Å². The summed E-state index contributed by atoms with van der Waals surface area (Å²) in [7, 11) is 1.79. The molecule has 1 unspecified atom stereocenters. The Labute approximate surface area is 78.7 Å². The Kier molecular flexibility index (Phi) is 2.03. The Hall–Kier alpha value is -1.34. The maximum absolute atomic E-state index is 5.91. The number of aryl methyl sites for hydroxylation is 1. The molecule has 6 nitrogen and oxygen atoms in total. The van der Waals surface area contributed by atoms with Gasteiger partial charge in [-0.15, -0.1) is 5.10 Å². The van der Waals surface area contributed by atoms with Gasteiger partial charge in [0.25, 0.3) is 0 Å². The zero-order chi connectivity index (χ0) is 9.26. The molecular weight excluding hydrogens is 188 g/mol. The minimum atomic E-state index is -0.293. The van der Waals surface area contributed by atoms with Crippen LogP contribution in [0.2, 0.25) is 0 Å². The zero-order valence-electron chi connectivity index (χ0n) is 6.95. The summed E-state index contributed by atoms with van der Waals surface area (Å²) < 4.78 is 9.56. The van der Waals surface area contributed by atoms with Gasteiger partial charge in [0.15, 0.2) is 0 Å². The van der Waals surface area contributed by atoms with Crippen LogP contribution in [0.15, 0.2) is 12.4 Å². The highest BCUT2D eigenvalue weighted by atomic mass is 32.1. The molecule has 0 aliphatic rings. The number of rotatable bonds is 2. The average molecular weight is 196 g/mol. The van der Waals surface area contributed by atoms with E-state index in [0.717, 1.165) is 23.1 Å². The van der Waals surface area contributed by atoms with Crippen LogP contribution in [-0.4, -0.2) is 23.7 Å². The molecule has 2 rings (SSSR count). The predicted molar refractivity (Wildman–Crippen MR) is 46.9 cm³/mol. The Morgan fingerprint density at radius 2 is 2.38 bits per heavy atom. The van der Waals surface area contributed by atoms with Crippen molar-refractivity contribution in [3.05, 3.63) is 23.8 Å². The molecule has 0 bridgehead atoms. The number of aromatic nitrogens is 5. The SMILES string of the molecule is Cn1nncc1C(N)c1cnsn1. The van der Waals surface area contributed by atoms with E-state index in [4.69, 9.17) is 5.73 Å². The molecule has 1 atom stereocenters. The molecular formula is C6H8N6S. The summed E-state index contributed by atoms with van der Waals surface area (Å²) in [6, 6.07) is -0.293. The van der Waals surface area contributed by atoms with E-state index in [1.807, 2.05) is 0 Å². The second-order valence-electron chi connectivity index (χ2n) is 2.59. The molecule has 0 fully saturated rings. The van der Waals surface area contributed by atoms with Crippen LogP contribution in [0.4, 0.5) is 0 Å². The summed E-state index contributed by atoms with van der Waals surface area (Å²) >= 11 is 1.14. The van der Waals surface area contributed by atoms with Gasteiger partial charge in [-0.1, -0.05) is 5.21 Å². The van der Waals surface area contributed by atoms with Crippen LogP contribution in [0.25, 0.3) is 0 Å². The molecule has 0 aliphatic heterocycles. The summed E-state index contributed by atoms with van der Waals surface area (Å²) in [5.41, 5.74) is 7.48. The highest BCUT2D eigenvalue weighted by Crippen LogP contribution is 2.15. The van der Waals surface area contributed by atoms with Gasteiger partial charge >= 0.3 is 0 Å². The standard InChI is InChI=1S/C6H8N6S/c1-12-5(3-8-11-12)6(7)4-2-9-13-10-4/h2-3,6H,7H2,1H3. The Bertz CT molecular complexity index is 379. The first kappa shape index (κ1) is 8.27. The van der Waals surface area contributed by atoms with Crippen molar-refractivity contribution in [2.75, 3.05) is 0 Å². The number of hydrogen-bond donors (Lipinski definition) is 1. The van der Waals surface area contributed by atoms with Crippen LogP contribution in [0.3, 0.4) is 0 Å². The monoisotopic (exact) mass is 196 g/mol. The first-order chi connectivity index (χ1) is 6.29. The van der Waals surface area contributed by atoms with Crippen molar-refractivity contribution in [2.24, 2.45) is 12.8 Å². The lowest BCUT2D eigenvalue weighted by molar-refractivity contribution is 0.646. The molecule has 2 aromatic rings. The molecule has 7 heteroatoms. The van der Waals surface area contributed by atoms with Gasteiger partial charge in [0, 0.05) is 7.05 Å². The Morgan fingerprint density at radius 3 is 2.92 bits per heavy atom. The fraction of sp³-hybridized carbons (Fsp3) is 0.333. The van der Waals surface area contributed by atoms with Crippen molar-refractivity contribution in [3.63, 3.8) is 0 Å². The average Bonchev–Trinajstić information content (AvgIpc) is 2.72. The molecule has 68 valence electrons. The molecule has 13 heavy (non-hydrogen) atoms. The van der Waals surface area contributed by atoms with Gasteiger partial charge in [0.1, 0.15) is 0 Å². The molecule has 0 radical (unpaired) electrons. The van der Waals surface area contributed by atoms with E-state index < -0.39 is 0 Å². The summed E-state index contributed by atoms with van der Waals surface area (Å²) in [4.78, 5) is 0. The third kappa shape index (κ3) is 1.43. The first-order valence-electron chi connectivity index (χ1n) is 3.66. The minimum Gasteiger partial charge on any atom is -0.318 e. The summed E-state index contributed by atoms with van der Waals surface area (Å²) in [5, 5.41) is 7.53. The van der Waals surface area contributed by atoms with Crippen molar-refractivity contribution in [1.29, 1.82) is 0 Å². The third-order valence-electron chi connectivity index (χ3n) is 1.77. The molecule has 2 heterocycles. The van der Waals surface area contributed by atoms with Crippen LogP contribution in [0.5, 0.6) is 0 Å². The molecule has 0 aliphatic carbocycles. The van der Waals surface area contributed by atoms with Crippen LogP contribution in [-0.2, 0) is 7.05 Å². The quantitative estimate of drug-likeness (QED) is 0.714. The lowest BCUT2D eigenvalue weighted by Gasteiger charge is -2.06. The van der Waals surface area contributed by atoms with Gasteiger partial charge in [0.05, 0.1) is 41.6 Å². The number of hydrogen-bond acceptors (Lipinski definition) is 6. The van der Waals surface area contributed by atoms with E-state index in [9.17, 15) is 0 Å². The maximum Gasteiger partial charge on any atom is 0.0971 e. The van der Waals surface area contributed by atoms with Gasteiger partial charge in [-0.25, -0.2) is 0 Å². The fourth-order valence-corrected chi connectivity index (χ4v) is 1.50. The normalized spacial score (nSPS) is 13.1. The van der Waals surface area contributed by atoms with Crippen molar-refractivity contribution in [1.82, 2.24) is 23.7 Å². The highest BCUT2D eigenvalue weighted by molar-refractivity contribution is 6.99. The lowest BCUT2D eigenvalue weighted by Crippen LogP contribution is -2.16. The van der Waals surface area contributed by atoms with E-state index >= 15 is 0 Å². The van der Waals surface area contributed by atoms with Crippen LogP contribution in [0.1, 0.15) is 17.4 Å². The van der Waals surface area contributed by atoms with Crippen LogP contribution < -0.4 is 5.73 Å². The van der Waals surface area contributed by atoms with Crippen molar-refractivity contribution in [2.45, 2.75) is 6.04 Å². The number of nitrogens with zero attached hydrogens (tertiary/aromatic N) is 5. The second-order valence-corrected chi connectivity index (χ2v) is 3.15. The smallest absolute Gasteiger partial charge is 0.0971 e. The van der Waals surface area contributed by atoms with Gasteiger partial charge in [-0.05, 0) is 0 Å². The topological polar surface area (TPSA) is 82.5 Å². The van der Waals surface area contributed by atoms with E-state index in [2.05, 4.69) is 19.1 Å². The predicted octanol–water partition coefficient (Wildman–Crippen LogP) is -0.285. The maximum atomic E-state index is 5.91. The Balaban J connectivity index is 2.33. The summed E-state index contributed by atoms with van der Waals surface area (Å²) in [5.74, 6) is 0.